The largest absolute Gasteiger partial charge is 0.140 e. The van der Waals surface area contributed by atoms with E-state index in [0.717, 1.165) is 6.42 Å². The highest BCUT2D eigenvalue weighted by atomic mass is 35.5. The van der Waals surface area contributed by atoms with Gasteiger partial charge in [-0.3, -0.25) is 0 Å². The van der Waals surface area contributed by atoms with Gasteiger partial charge in [0.05, 0.1) is 0 Å². The van der Waals surface area contributed by atoms with Gasteiger partial charge < -0.3 is 0 Å². The third-order valence-corrected chi connectivity index (χ3v) is 4.00. The molecule has 0 nitrogen and oxygen atoms in total. The molecule has 0 aliphatic heterocycles. The SMILES string of the molecule is CCc1c(C)sc2cccc(CCl)c12. The summed E-state index contributed by atoms with van der Waals surface area (Å²) in [6, 6.07) is 6.40. The van der Waals surface area contributed by atoms with E-state index in [1.807, 2.05) is 11.3 Å². The van der Waals surface area contributed by atoms with E-state index in [1.54, 1.807) is 0 Å². The van der Waals surface area contributed by atoms with Crippen LogP contribution in [0.2, 0.25) is 0 Å². The lowest BCUT2D eigenvalue weighted by Gasteiger charge is -2.01. The molecule has 0 radical (unpaired) electrons. The Hall–Kier alpha value is -0.530. The van der Waals surface area contributed by atoms with Crippen LogP contribution in [0.5, 0.6) is 0 Å². The number of aryl methyl sites for hydroxylation is 2. The van der Waals surface area contributed by atoms with Gasteiger partial charge in [0.15, 0.2) is 0 Å². The predicted octanol–water partition coefficient (Wildman–Crippen LogP) is 4.51. The molecule has 2 heteroatoms. The van der Waals surface area contributed by atoms with Crippen molar-refractivity contribution in [3.05, 3.63) is 34.2 Å². The van der Waals surface area contributed by atoms with Gasteiger partial charge in [-0.25, -0.2) is 0 Å². The summed E-state index contributed by atoms with van der Waals surface area (Å²) >= 11 is 7.82. The van der Waals surface area contributed by atoms with Crippen LogP contribution in [-0.4, -0.2) is 0 Å². The van der Waals surface area contributed by atoms with Crippen LogP contribution in [0.15, 0.2) is 18.2 Å². The zero-order valence-electron chi connectivity index (χ0n) is 8.43. The van der Waals surface area contributed by atoms with Crippen LogP contribution in [-0.2, 0) is 12.3 Å². The first-order chi connectivity index (χ1) is 6.77. The van der Waals surface area contributed by atoms with Crippen molar-refractivity contribution < 1.29 is 0 Å². The van der Waals surface area contributed by atoms with Crippen LogP contribution in [0.25, 0.3) is 10.1 Å². The predicted molar refractivity (Wildman–Crippen MR) is 65.5 cm³/mol. The molecule has 74 valence electrons. The second-order valence-corrected chi connectivity index (χ2v) is 4.94. The summed E-state index contributed by atoms with van der Waals surface area (Å²) in [5.41, 5.74) is 2.74. The van der Waals surface area contributed by atoms with Crippen LogP contribution in [0.3, 0.4) is 0 Å². The van der Waals surface area contributed by atoms with Crippen molar-refractivity contribution in [3.8, 4) is 0 Å². The minimum Gasteiger partial charge on any atom is -0.140 e. The molecule has 1 aromatic heterocycles. The lowest BCUT2D eigenvalue weighted by Crippen LogP contribution is -1.84. The summed E-state index contributed by atoms with van der Waals surface area (Å²) < 4.78 is 1.37. The molecule has 0 unspecified atom stereocenters. The maximum atomic E-state index is 5.95. The molecule has 0 atom stereocenters. The molecule has 1 heterocycles. The highest BCUT2D eigenvalue weighted by molar-refractivity contribution is 7.19. The fourth-order valence-electron chi connectivity index (χ4n) is 1.94. The number of rotatable bonds is 2. The van der Waals surface area contributed by atoms with Gasteiger partial charge in [-0.1, -0.05) is 19.1 Å². The molecule has 2 aromatic rings. The third-order valence-electron chi connectivity index (χ3n) is 2.60. The standard InChI is InChI=1S/C12H13ClS/c1-3-10-8(2)14-11-6-4-5-9(7-13)12(10)11/h4-6H,3,7H2,1-2H3. The van der Waals surface area contributed by atoms with Crippen LogP contribution < -0.4 is 0 Å². The first-order valence-electron chi connectivity index (χ1n) is 4.83. The third kappa shape index (κ3) is 1.45. The normalized spacial score (nSPS) is 11.1. The van der Waals surface area contributed by atoms with E-state index in [0.29, 0.717) is 5.88 Å². The lowest BCUT2D eigenvalue weighted by atomic mass is 10.0. The first-order valence-corrected chi connectivity index (χ1v) is 6.18. The van der Waals surface area contributed by atoms with Crippen LogP contribution in [0.1, 0.15) is 22.9 Å². The van der Waals surface area contributed by atoms with Crippen molar-refractivity contribution >= 4 is 33.0 Å². The maximum Gasteiger partial charge on any atom is 0.0480 e. The minimum absolute atomic E-state index is 0.612. The zero-order valence-corrected chi connectivity index (χ0v) is 10.0. The first kappa shape index (κ1) is 10.0. The Kier molecular flexibility index (Phi) is 2.80. The summed E-state index contributed by atoms with van der Waals surface area (Å²) in [5.74, 6) is 0.612. The Bertz CT molecular complexity index is 457. The van der Waals surface area contributed by atoms with Gasteiger partial charge in [0.1, 0.15) is 0 Å². The van der Waals surface area contributed by atoms with E-state index in [1.165, 1.54) is 26.1 Å². The highest BCUT2D eigenvalue weighted by Crippen LogP contribution is 2.34. The van der Waals surface area contributed by atoms with E-state index >= 15 is 0 Å². The molecule has 0 aliphatic carbocycles. The number of fused-ring (bicyclic) bond motifs is 1. The molecular weight excluding hydrogens is 212 g/mol. The molecule has 1 aromatic carbocycles. The Morgan fingerprint density at radius 2 is 2.14 bits per heavy atom. The average Bonchev–Trinajstić information content (AvgIpc) is 2.52. The average molecular weight is 225 g/mol. The molecule has 14 heavy (non-hydrogen) atoms. The smallest absolute Gasteiger partial charge is 0.0480 e. The molecule has 0 fully saturated rings. The fourth-order valence-corrected chi connectivity index (χ4v) is 3.37. The molecule has 0 N–H and O–H groups in total. The van der Waals surface area contributed by atoms with E-state index in [4.69, 9.17) is 11.6 Å². The van der Waals surface area contributed by atoms with Crippen molar-refractivity contribution in [1.29, 1.82) is 0 Å². The Balaban J connectivity index is 2.82. The number of benzene rings is 1. The van der Waals surface area contributed by atoms with Gasteiger partial charge in [0.25, 0.3) is 0 Å². The molecule has 0 aliphatic rings. The topological polar surface area (TPSA) is 0 Å². The number of hydrogen-bond acceptors (Lipinski definition) is 1. The van der Waals surface area contributed by atoms with E-state index < -0.39 is 0 Å². The van der Waals surface area contributed by atoms with Gasteiger partial charge in [-0.2, -0.15) is 0 Å². The van der Waals surface area contributed by atoms with Crippen LogP contribution >= 0.6 is 22.9 Å². The highest BCUT2D eigenvalue weighted by Gasteiger charge is 2.09. The molecule has 2 rings (SSSR count). The summed E-state index contributed by atoms with van der Waals surface area (Å²) in [4.78, 5) is 1.43. The molecule has 0 spiro atoms. The number of hydrogen-bond donors (Lipinski definition) is 0. The van der Waals surface area contributed by atoms with Crippen LogP contribution in [0.4, 0.5) is 0 Å². The second-order valence-electron chi connectivity index (χ2n) is 3.41. The van der Waals surface area contributed by atoms with Crippen molar-refractivity contribution in [3.63, 3.8) is 0 Å². The van der Waals surface area contributed by atoms with Crippen molar-refractivity contribution in [2.75, 3.05) is 0 Å². The maximum absolute atomic E-state index is 5.95. The number of thiophene rings is 1. The van der Waals surface area contributed by atoms with Gasteiger partial charge in [0.2, 0.25) is 0 Å². The minimum atomic E-state index is 0.612. The lowest BCUT2D eigenvalue weighted by molar-refractivity contribution is 1.14. The van der Waals surface area contributed by atoms with Gasteiger partial charge in [-0.15, -0.1) is 22.9 Å². The van der Waals surface area contributed by atoms with Gasteiger partial charge in [-0.05, 0) is 30.5 Å². The molecule has 0 saturated heterocycles. The quantitative estimate of drug-likeness (QED) is 0.659. The molecular formula is C12H13ClS. The van der Waals surface area contributed by atoms with E-state index in [9.17, 15) is 0 Å². The monoisotopic (exact) mass is 224 g/mol. The summed E-state index contributed by atoms with van der Waals surface area (Å²) in [5, 5.41) is 1.40. The molecule has 0 bridgehead atoms. The molecule has 0 saturated carbocycles. The van der Waals surface area contributed by atoms with Gasteiger partial charge >= 0.3 is 0 Å². The second kappa shape index (κ2) is 3.92. The van der Waals surface area contributed by atoms with Gasteiger partial charge in [0, 0.05) is 20.8 Å². The summed E-state index contributed by atoms with van der Waals surface area (Å²) in [7, 11) is 0. The number of alkyl halides is 1. The van der Waals surface area contributed by atoms with Crippen LogP contribution in [0, 0.1) is 6.92 Å². The van der Waals surface area contributed by atoms with Crippen molar-refractivity contribution in [1.82, 2.24) is 0 Å². The number of halogens is 1. The Morgan fingerprint density at radius 1 is 1.36 bits per heavy atom. The molecule has 0 amide bonds. The Labute approximate surface area is 93.5 Å². The van der Waals surface area contributed by atoms with E-state index in [2.05, 4.69) is 32.0 Å². The summed E-state index contributed by atoms with van der Waals surface area (Å²) in [6.07, 6.45) is 1.10. The fraction of sp³-hybridized carbons (Fsp3) is 0.333. The van der Waals surface area contributed by atoms with Crippen molar-refractivity contribution in [2.45, 2.75) is 26.1 Å². The zero-order chi connectivity index (χ0) is 10.1. The van der Waals surface area contributed by atoms with E-state index in [-0.39, 0.29) is 0 Å². The Morgan fingerprint density at radius 3 is 2.79 bits per heavy atom. The van der Waals surface area contributed by atoms with Crippen molar-refractivity contribution in [2.24, 2.45) is 0 Å². The summed E-state index contributed by atoms with van der Waals surface area (Å²) in [6.45, 7) is 4.40.